The van der Waals surface area contributed by atoms with Crippen molar-refractivity contribution in [3.8, 4) is 0 Å². The second kappa shape index (κ2) is 5.65. The molecule has 0 atom stereocenters. The average molecular weight is 221 g/mol. The van der Waals surface area contributed by atoms with Crippen LogP contribution in [0.15, 0.2) is 0 Å². The molecule has 5 nitrogen and oxygen atoms in total. The van der Waals surface area contributed by atoms with Crippen molar-refractivity contribution in [1.29, 1.82) is 0 Å². The lowest BCUT2D eigenvalue weighted by Crippen LogP contribution is -2.41. The van der Waals surface area contributed by atoms with Crippen molar-refractivity contribution in [2.75, 3.05) is 26.2 Å². The minimum absolute atomic E-state index is 0.432. The first-order valence-electron chi connectivity index (χ1n) is 5.09. The Kier molecular flexibility index (Phi) is 4.80. The fraction of sp³-hybridized carbons (Fsp3) is 1.00. The van der Waals surface area contributed by atoms with Crippen molar-refractivity contribution < 1.29 is 8.42 Å². The average Bonchev–Trinajstić information content (AvgIpc) is 2.17. The van der Waals surface area contributed by atoms with E-state index in [9.17, 15) is 8.42 Å². The van der Waals surface area contributed by atoms with Crippen LogP contribution in [0, 0.1) is 5.92 Å². The highest BCUT2D eigenvalue weighted by molar-refractivity contribution is 7.87. The van der Waals surface area contributed by atoms with E-state index < -0.39 is 10.2 Å². The SMILES string of the molecule is CCNS(=O)(=O)NCC1CCNCC1. The number of nitrogens with one attached hydrogen (secondary N) is 3. The zero-order valence-corrected chi connectivity index (χ0v) is 9.36. The number of piperidine rings is 1. The molecule has 1 aliphatic rings. The lowest BCUT2D eigenvalue weighted by Gasteiger charge is -2.22. The van der Waals surface area contributed by atoms with Crippen LogP contribution in [0.4, 0.5) is 0 Å². The molecule has 1 aliphatic heterocycles. The highest BCUT2D eigenvalue weighted by Gasteiger charge is 2.15. The van der Waals surface area contributed by atoms with Crippen LogP contribution in [0.3, 0.4) is 0 Å². The topological polar surface area (TPSA) is 70.2 Å². The minimum Gasteiger partial charge on any atom is -0.317 e. The van der Waals surface area contributed by atoms with E-state index in [0.29, 0.717) is 19.0 Å². The minimum atomic E-state index is -3.25. The van der Waals surface area contributed by atoms with Crippen LogP contribution in [0.2, 0.25) is 0 Å². The summed E-state index contributed by atoms with van der Waals surface area (Å²) in [5.74, 6) is 0.477. The van der Waals surface area contributed by atoms with Gasteiger partial charge < -0.3 is 5.32 Å². The molecule has 0 aliphatic carbocycles. The predicted molar refractivity (Wildman–Crippen MR) is 56.2 cm³/mol. The molecule has 84 valence electrons. The van der Waals surface area contributed by atoms with Gasteiger partial charge >= 0.3 is 0 Å². The third-order valence-corrected chi connectivity index (χ3v) is 3.57. The summed E-state index contributed by atoms with van der Waals surface area (Å²) < 4.78 is 27.4. The monoisotopic (exact) mass is 221 g/mol. The highest BCUT2D eigenvalue weighted by Crippen LogP contribution is 2.09. The van der Waals surface area contributed by atoms with Gasteiger partial charge in [-0.3, -0.25) is 0 Å². The Hall–Kier alpha value is -0.170. The van der Waals surface area contributed by atoms with Gasteiger partial charge in [-0.05, 0) is 31.8 Å². The predicted octanol–water partition coefficient (Wildman–Crippen LogP) is -0.570. The standard InChI is InChI=1S/C8H19N3O2S/c1-2-10-14(12,13)11-7-8-3-5-9-6-4-8/h8-11H,2-7H2,1H3. The summed E-state index contributed by atoms with van der Waals surface area (Å²) >= 11 is 0. The van der Waals surface area contributed by atoms with Gasteiger partial charge in [-0.15, -0.1) is 0 Å². The fourth-order valence-corrected chi connectivity index (χ4v) is 2.49. The Morgan fingerprint density at radius 3 is 2.50 bits per heavy atom. The largest absolute Gasteiger partial charge is 0.317 e. The molecule has 1 rings (SSSR count). The normalized spacial score (nSPS) is 19.8. The van der Waals surface area contributed by atoms with Crippen molar-refractivity contribution in [3.63, 3.8) is 0 Å². The molecule has 0 spiro atoms. The molecule has 0 radical (unpaired) electrons. The Morgan fingerprint density at radius 1 is 1.29 bits per heavy atom. The van der Waals surface area contributed by atoms with Crippen LogP contribution in [0.5, 0.6) is 0 Å². The van der Waals surface area contributed by atoms with Crippen LogP contribution in [-0.4, -0.2) is 34.6 Å². The lowest BCUT2D eigenvalue weighted by molar-refractivity contribution is 0.372. The Bertz CT molecular complexity index is 247. The molecule has 0 bridgehead atoms. The van der Waals surface area contributed by atoms with Crippen molar-refractivity contribution in [3.05, 3.63) is 0 Å². The maximum atomic E-state index is 11.2. The smallest absolute Gasteiger partial charge is 0.276 e. The van der Waals surface area contributed by atoms with E-state index in [1.54, 1.807) is 6.92 Å². The van der Waals surface area contributed by atoms with Gasteiger partial charge in [0.15, 0.2) is 0 Å². The zero-order valence-electron chi connectivity index (χ0n) is 8.54. The molecule has 0 amide bonds. The molecule has 1 fully saturated rings. The van der Waals surface area contributed by atoms with Gasteiger partial charge in [-0.25, -0.2) is 9.44 Å². The molecule has 14 heavy (non-hydrogen) atoms. The van der Waals surface area contributed by atoms with E-state index in [1.807, 2.05) is 0 Å². The number of hydrogen-bond donors (Lipinski definition) is 3. The number of rotatable bonds is 5. The highest BCUT2D eigenvalue weighted by atomic mass is 32.2. The Balaban J connectivity index is 2.24. The molecular formula is C8H19N3O2S. The van der Waals surface area contributed by atoms with Crippen molar-refractivity contribution >= 4 is 10.2 Å². The van der Waals surface area contributed by atoms with Gasteiger partial charge in [-0.1, -0.05) is 6.92 Å². The van der Waals surface area contributed by atoms with Crippen molar-refractivity contribution in [2.45, 2.75) is 19.8 Å². The molecule has 0 aromatic carbocycles. The van der Waals surface area contributed by atoms with Crippen LogP contribution < -0.4 is 14.8 Å². The summed E-state index contributed by atoms with van der Waals surface area (Å²) in [6, 6.07) is 0. The number of hydrogen-bond acceptors (Lipinski definition) is 3. The Labute approximate surface area is 85.8 Å². The first kappa shape index (κ1) is 11.9. The fourth-order valence-electron chi connectivity index (χ4n) is 1.55. The first-order chi connectivity index (χ1) is 6.64. The van der Waals surface area contributed by atoms with E-state index >= 15 is 0 Å². The molecule has 3 N–H and O–H groups in total. The maximum Gasteiger partial charge on any atom is 0.276 e. The van der Waals surface area contributed by atoms with Crippen molar-refractivity contribution in [2.24, 2.45) is 5.92 Å². The van der Waals surface area contributed by atoms with E-state index in [2.05, 4.69) is 14.8 Å². The second-order valence-electron chi connectivity index (χ2n) is 3.54. The maximum absolute atomic E-state index is 11.2. The summed E-state index contributed by atoms with van der Waals surface area (Å²) in [6.45, 7) is 4.74. The Morgan fingerprint density at radius 2 is 1.93 bits per heavy atom. The van der Waals surface area contributed by atoms with Gasteiger partial charge in [0.25, 0.3) is 10.2 Å². The van der Waals surface area contributed by atoms with E-state index in [0.717, 1.165) is 25.9 Å². The molecule has 1 saturated heterocycles. The quantitative estimate of drug-likeness (QED) is 0.582. The first-order valence-corrected chi connectivity index (χ1v) is 6.57. The molecule has 6 heteroatoms. The lowest BCUT2D eigenvalue weighted by atomic mass is 9.99. The third kappa shape index (κ3) is 4.36. The van der Waals surface area contributed by atoms with Gasteiger partial charge in [0.05, 0.1) is 0 Å². The summed E-state index contributed by atoms with van der Waals surface area (Å²) in [5, 5.41) is 3.24. The summed E-state index contributed by atoms with van der Waals surface area (Å²) in [6.07, 6.45) is 2.10. The van der Waals surface area contributed by atoms with Gasteiger partial charge in [-0.2, -0.15) is 8.42 Å². The van der Waals surface area contributed by atoms with Gasteiger partial charge in [0, 0.05) is 13.1 Å². The molecule has 0 unspecified atom stereocenters. The van der Waals surface area contributed by atoms with E-state index in [4.69, 9.17) is 0 Å². The van der Waals surface area contributed by atoms with Gasteiger partial charge in [0.2, 0.25) is 0 Å². The van der Waals surface area contributed by atoms with Crippen LogP contribution in [0.25, 0.3) is 0 Å². The molecule has 0 aromatic rings. The third-order valence-electron chi connectivity index (χ3n) is 2.36. The summed E-state index contributed by atoms with van der Waals surface area (Å²) in [5.41, 5.74) is 0. The van der Waals surface area contributed by atoms with E-state index in [1.165, 1.54) is 0 Å². The van der Waals surface area contributed by atoms with Crippen molar-refractivity contribution in [1.82, 2.24) is 14.8 Å². The molecule has 1 heterocycles. The van der Waals surface area contributed by atoms with Crippen LogP contribution >= 0.6 is 0 Å². The van der Waals surface area contributed by atoms with Crippen LogP contribution in [-0.2, 0) is 10.2 Å². The van der Waals surface area contributed by atoms with Crippen LogP contribution in [0.1, 0.15) is 19.8 Å². The van der Waals surface area contributed by atoms with E-state index in [-0.39, 0.29) is 0 Å². The molecule has 0 saturated carbocycles. The van der Waals surface area contributed by atoms with Gasteiger partial charge in [0.1, 0.15) is 0 Å². The molecule has 0 aromatic heterocycles. The molecular weight excluding hydrogens is 202 g/mol. The summed E-state index contributed by atoms with van der Waals surface area (Å²) in [4.78, 5) is 0. The zero-order chi connectivity index (χ0) is 10.4. The summed E-state index contributed by atoms with van der Waals surface area (Å²) in [7, 11) is -3.25. The second-order valence-corrected chi connectivity index (χ2v) is 5.13.